The molecule has 1 amide bonds. The first kappa shape index (κ1) is 13.3. The third-order valence-corrected chi connectivity index (χ3v) is 4.44. The highest BCUT2D eigenvalue weighted by Gasteiger charge is 2.06. The second-order valence-corrected chi connectivity index (χ2v) is 5.89. The van der Waals surface area contributed by atoms with Gasteiger partial charge in [-0.05, 0) is 37.4 Å². The molecule has 0 radical (unpaired) electrons. The molecule has 0 aliphatic rings. The monoisotopic (exact) mass is 281 g/mol. The molecule has 3 N–H and O–H groups in total. The van der Waals surface area contributed by atoms with E-state index >= 15 is 0 Å². The van der Waals surface area contributed by atoms with Gasteiger partial charge in [-0.1, -0.05) is 11.8 Å². The van der Waals surface area contributed by atoms with Crippen molar-refractivity contribution in [1.82, 2.24) is 4.98 Å². The standard InChI is InChI=1S/C12H15N3OS2/c1-17-12-15-9-5-4-8(7-10(9)18-12)14-11(16)3-2-6-13/h4-5,7H,2-3,6,13H2,1H3,(H,14,16). The summed E-state index contributed by atoms with van der Waals surface area (Å²) in [6.45, 7) is 0.540. The lowest BCUT2D eigenvalue weighted by Crippen LogP contribution is -2.13. The molecule has 18 heavy (non-hydrogen) atoms. The minimum atomic E-state index is 0.00871. The molecule has 0 saturated carbocycles. The van der Waals surface area contributed by atoms with E-state index in [2.05, 4.69) is 10.3 Å². The molecule has 1 aromatic carbocycles. The number of rotatable bonds is 5. The predicted molar refractivity (Wildman–Crippen MR) is 78.3 cm³/mol. The van der Waals surface area contributed by atoms with Crippen molar-refractivity contribution in [3.8, 4) is 0 Å². The third kappa shape index (κ3) is 3.22. The van der Waals surface area contributed by atoms with E-state index in [1.54, 1.807) is 23.1 Å². The summed E-state index contributed by atoms with van der Waals surface area (Å²) in [5, 5.41) is 2.87. The number of thiazole rings is 1. The average Bonchev–Trinajstić information content (AvgIpc) is 2.78. The Morgan fingerprint density at radius 3 is 3.11 bits per heavy atom. The van der Waals surface area contributed by atoms with Gasteiger partial charge in [0.1, 0.15) is 0 Å². The molecule has 2 rings (SSSR count). The highest BCUT2D eigenvalue weighted by atomic mass is 32.2. The summed E-state index contributed by atoms with van der Waals surface area (Å²) >= 11 is 3.27. The highest BCUT2D eigenvalue weighted by Crippen LogP contribution is 2.29. The van der Waals surface area contributed by atoms with Gasteiger partial charge < -0.3 is 11.1 Å². The van der Waals surface area contributed by atoms with E-state index in [9.17, 15) is 4.79 Å². The maximum absolute atomic E-state index is 11.6. The van der Waals surface area contributed by atoms with E-state index in [0.717, 1.165) is 20.2 Å². The highest BCUT2D eigenvalue weighted by molar-refractivity contribution is 8.00. The molecule has 0 bridgehead atoms. The first-order valence-corrected chi connectivity index (χ1v) is 7.71. The van der Waals surface area contributed by atoms with Crippen molar-refractivity contribution in [3.63, 3.8) is 0 Å². The van der Waals surface area contributed by atoms with Gasteiger partial charge in [0, 0.05) is 12.1 Å². The maximum Gasteiger partial charge on any atom is 0.224 e. The maximum atomic E-state index is 11.6. The molecule has 96 valence electrons. The lowest BCUT2D eigenvalue weighted by atomic mass is 10.2. The Bertz CT molecular complexity index is 553. The Balaban J connectivity index is 2.11. The van der Waals surface area contributed by atoms with Gasteiger partial charge in [-0.2, -0.15) is 0 Å². The SMILES string of the molecule is CSc1nc2ccc(NC(=O)CCCN)cc2s1. The molecule has 0 aliphatic heterocycles. The number of aromatic nitrogens is 1. The minimum absolute atomic E-state index is 0.00871. The zero-order valence-corrected chi connectivity index (χ0v) is 11.7. The van der Waals surface area contributed by atoms with Crippen molar-refractivity contribution < 1.29 is 4.79 Å². The van der Waals surface area contributed by atoms with Gasteiger partial charge in [0.2, 0.25) is 5.91 Å². The zero-order valence-electron chi connectivity index (χ0n) is 10.1. The molecule has 6 heteroatoms. The molecule has 0 saturated heterocycles. The summed E-state index contributed by atoms with van der Waals surface area (Å²) in [5.74, 6) is 0.00871. The number of carbonyl (C=O) groups is 1. The van der Waals surface area contributed by atoms with Crippen LogP contribution in [0.25, 0.3) is 10.2 Å². The van der Waals surface area contributed by atoms with E-state index in [4.69, 9.17) is 5.73 Å². The predicted octanol–water partition coefficient (Wildman–Crippen LogP) is 2.70. The zero-order chi connectivity index (χ0) is 13.0. The Morgan fingerprint density at radius 2 is 2.39 bits per heavy atom. The van der Waals surface area contributed by atoms with Crippen molar-refractivity contribution in [1.29, 1.82) is 0 Å². The lowest BCUT2D eigenvalue weighted by molar-refractivity contribution is -0.116. The van der Waals surface area contributed by atoms with Crippen LogP contribution < -0.4 is 11.1 Å². The number of benzene rings is 1. The van der Waals surface area contributed by atoms with E-state index < -0.39 is 0 Å². The molecule has 0 aliphatic carbocycles. The number of nitrogens with one attached hydrogen (secondary N) is 1. The molecular weight excluding hydrogens is 266 g/mol. The molecule has 0 unspecified atom stereocenters. The first-order chi connectivity index (χ1) is 8.72. The van der Waals surface area contributed by atoms with Gasteiger partial charge in [0.25, 0.3) is 0 Å². The summed E-state index contributed by atoms with van der Waals surface area (Å²) in [6.07, 6.45) is 3.19. The summed E-state index contributed by atoms with van der Waals surface area (Å²) in [6, 6.07) is 5.78. The quantitative estimate of drug-likeness (QED) is 0.827. The van der Waals surface area contributed by atoms with Crippen LogP contribution in [0.4, 0.5) is 5.69 Å². The largest absolute Gasteiger partial charge is 0.330 e. The smallest absolute Gasteiger partial charge is 0.224 e. The summed E-state index contributed by atoms with van der Waals surface area (Å²) in [4.78, 5) is 16.0. The Labute approximate surface area is 114 Å². The van der Waals surface area contributed by atoms with Gasteiger partial charge in [-0.3, -0.25) is 4.79 Å². The third-order valence-electron chi connectivity index (χ3n) is 2.44. The fraction of sp³-hybridized carbons (Fsp3) is 0.333. The number of carbonyl (C=O) groups excluding carboxylic acids is 1. The first-order valence-electron chi connectivity index (χ1n) is 5.67. The summed E-state index contributed by atoms with van der Waals surface area (Å²) < 4.78 is 2.13. The van der Waals surface area contributed by atoms with Crippen LogP contribution in [-0.2, 0) is 4.79 Å². The Hall–Kier alpha value is -1.11. The number of thioether (sulfide) groups is 1. The second kappa shape index (κ2) is 6.17. The van der Waals surface area contributed by atoms with Crippen molar-refractivity contribution in [3.05, 3.63) is 18.2 Å². The number of hydrogen-bond acceptors (Lipinski definition) is 5. The minimum Gasteiger partial charge on any atom is -0.330 e. The van der Waals surface area contributed by atoms with Gasteiger partial charge >= 0.3 is 0 Å². The number of anilines is 1. The molecule has 1 heterocycles. The lowest BCUT2D eigenvalue weighted by Gasteiger charge is -2.04. The number of amides is 1. The van der Waals surface area contributed by atoms with Crippen LogP contribution >= 0.6 is 23.1 Å². The van der Waals surface area contributed by atoms with E-state index in [1.165, 1.54) is 0 Å². The topological polar surface area (TPSA) is 68.0 Å². The van der Waals surface area contributed by atoms with E-state index in [1.807, 2.05) is 24.5 Å². The molecule has 0 fully saturated rings. The van der Waals surface area contributed by atoms with Gasteiger partial charge in [0.05, 0.1) is 10.2 Å². The van der Waals surface area contributed by atoms with Crippen LogP contribution in [0.1, 0.15) is 12.8 Å². The van der Waals surface area contributed by atoms with Crippen LogP contribution in [0.2, 0.25) is 0 Å². The van der Waals surface area contributed by atoms with Crippen LogP contribution in [0.15, 0.2) is 22.5 Å². The van der Waals surface area contributed by atoms with Crippen LogP contribution in [0, 0.1) is 0 Å². The molecule has 0 spiro atoms. The molecule has 1 aromatic heterocycles. The molecule has 4 nitrogen and oxygen atoms in total. The van der Waals surface area contributed by atoms with Gasteiger partial charge in [-0.15, -0.1) is 11.3 Å². The Kier molecular flexibility index (Phi) is 4.57. The average molecular weight is 281 g/mol. The van der Waals surface area contributed by atoms with Gasteiger partial charge in [0.15, 0.2) is 4.34 Å². The van der Waals surface area contributed by atoms with Crippen molar-refractivity contribution in [2.75, 3.05) is 18.1 Å². The fourth-order valence-electron chi connectivity index (χ4n) is 1.55. The van der Waals surface area contributed by atoms with Gasteiger partial charge in [-0.25, -0.2) is 4.98 Å². The number of fused-ring (bicyclic) bond motifs is 1. The molecule has 2 aromatic rings. The van der Waals surface area contributed by atoms with Crippen molar-refractivity contribution >= 4 is 44.9 Å². The van der Waals surface area contributed by atoms with Crippen molar-refractivity contribution in [2.45, 2.75) is 17.2 Å². The summed E-state index contributed by atoms with van der Waals surface area (Å²) in [5.41, 5.74) is 7.17. The summed E-state index contributed by atoms with van der Waals surface area (Å²) in [7, 11) is 0. The van der Waals surface area contributed by atoms with Crippen LogP contribution in [-0.4, -0.2) is 23.7 Å². The fourth-order valence-corrected chi connectivity index (χ4v) is 3.08. The van der Waals surface area contributed by atoms with E-state index in [-0.39, 0.29) is 5.91 Å². The molecular formula is C12H15N3OS2. The number of nitrogens with two attached hydrogens (primary N) is 1. The van der Waals surface area contributed by atoms with Crippen molar-refractivity contribution in [2.24, 2.45) is 5.73 Å². The van der Waals surface area contributed by atoms with Crippen LogP contribution in [0.5, 0.6) is 0 Å². The van der Waals surface area contributed by atoms with E-state index in [0.29, 0.717) is 19.4 Å². The normalized spacial score (nSPS) is 10.8. The van der Waals surface area contributed by atoms with Crippen LogP contribution in [0.3, 0.4) is 0 Å². The second-order valence-electron chi connectivity index (χ2n) is 3.81. The number of nitrogens with zero attached hydrogens (tertiary/aromatic N) is 1. The molecule has 0 atom stereocenters. The number of hydrogen-bond donors (Lipinski definition) is 2. The Morgan fingerprint density at radius 1 is 1.56 bits per heavy atom.